The molecule has 2 aliphatic rings. The molecule has 1 heterocycles. The predicted octanol–water partition coefficient (Wildman–Crippen LogP) is 1.96. The van der Waals surface area contributed by atoms with Gasteiger partial charge in [0.1, 0.15) is 0 Å². The minimum atomic E-state index is -0.743. The average molecular weight is 269 g/mol. The number of carbonyl (C=O) groups is 1. The molecule has 110 valence electrons. The first-order valence-corrected chi connectivity index (χ1v) is 7.66. The third kappa shape index (κ3) is 4.18. The molecule has 1 aliphatic carbocycles. The van der Waals surface area contributed by atoms with E-state index in [1.807, 2.05) is 7.05 Å². The van der Waals surface area contributed by atoms with E-state index in [9.17, 15) is 9.90 Å². The monoisotopic (exact) mass is 269 g/mol. The summed E-state index contributed by atoms with van der Waals surface area (Å²) in [5.41, 5.74) is -0.743. The van der Waals surface area contributed by atoms with Gasteiger partial charge in [-0.05, 0) is 12.8 Å². The second kappa shape index (κ2) is 6.71. The van der Waals surface area contributed by atoms with E-state index in [4.69, 9.17) is 4.74 Å². The molecule has 0 aromatic rings. The highest BCUT2D eigenvalue weighted by Crippen LogP contribution is 2.26. The summed E-state index contributed by atoms with van der Waals surface area (Å²) in [6, 6.07) is 0. The predicted molar refractivity (Wildman–Crippen MR) is 73.8 cm³/mol. The molecule has 0 bridgehead atoms. The van der Waals surface area contributed by atoms with Crippen molar-refractivity contribution in [2.75, 3.05) is 26.8 Å². The van der Waals surface area contributed by atoms with Gasteiger partial charge in [-0.15, -0.1) is 0 Å². The van der Waals surface area contributed by atoms with Crippen LogP contribution in [0.25, 0.3) is 0 Å². The Labute approximate surface area is 116 Å². The zero-order valence-corrected chi connectivity index (χ0v) is 12.1. The second-order valence-corrected chi connectivity index (χ2v) is 6.22. The van der Waals surface area contributed by atoms with Crippen LogP contribution in [-0.2, 0) is 9.53 Å². The van der Waals surface area contributed by atoms with Crippen molar-refractivity contribution in [3.63, 3.8) is 0 Å². The summed E-state index contributed by atoms with van der Waals surface area (Å²) in [4.78, 5) is 14.2. The van der Waals surface area contributed by atoms with Gasteiger partial charge in [-0.1, -0.05) is 25.7 Å². The number of nitrogens with zero attached hydrogens (tertiary/aromatic N) is 1. The summed E-state index contributed by atoms with van der Waals surface area (Å²) in [5, 5.41) is 10.5. The molecule has 2 rings (SSSR count). The maximum absolute atomic E-state index is 12.5. The molecule has 0 aromatic heterocycles. The van der Waals surface area contributed by atoms with Crippen molar-refractivity contribution in [2.24, 2.45) is 5.92 Å². The highest BCUT2D eigenvalue weighted by molar-refractivity contribution is 5.78. The summed E-state index contributed by atoms with van der Waals surface area (Å²) >= 11 is 0. The first-order chi connectivity index (χ1) is 9.11. The molecule has 1 N–H and O–H groups in total. The summed E-state index contributed by atoms with van der Waals surface area (Å²) in [5.74, 6) is 0.401. The molecular weight excluding hydrogens is 242 g/mol. The highest BCUT2D eigenvalue weighted by Gasteiger charge is 2.33. The summed E-state index contributed by atoms with van der Waals surface area (Å²) in [6.45, 7) is 1.65. The van der Waals surface area contributed by atoms with E-state index in [2.05, 4.69) is 0 Å². The SMILES string of the molecule is CN(CC1(O)CCOCC1)C(=O)C1CCCCCC1. The number of ether oxygens (including phenoxy) is 1. The van der Waals surface area contributed by atoms with E-state index in [1.165, 1.54) is 25.7 Å². The maximum Gasteiger partial charge on any atom is 0.225 e. The number of hydrogen-bond acceptors (Lipinski definition) is 3. The number of likely N-dealkylation sites (N-methyl/N-ethyl adjacent to an activating group) is 1. The summed E-state index contributed by atoms with van der Waals surface area (Å²) in [6.07, 6.45) is 8.16. The van der Waals surface area contributed by atoms with Gasteiger partial charge in [-0.25, -0.2) is 0 Å². The molecule has 0 radical (unpaired) electrons. The van der Waals surface area contributed by atoms with Crippen LogP contribution in [0.2, 0.25) is 0 Å². The zero-order chi connectivity index (χ0) is 13.7. The Morgan fingerprint density at radius 2 is 1.79 bits per heavy atom. The summed E-state index contributed by atoms with van der Waals surface area (Å²) < 4.78 is 5.28. The third-order valence-corrected chi connectivity index (χ3v) is 4.54. The lowest BCUT2D eigenvalue weighted by Crippen LogP contribution is -2.48. The molecule has 0 spiro atoms. The van der Waals surface area contributed by atoms with E-state index in [-0.39, 0.29) is 11.8 Å². The summed E-state index contributed by atoms with van der Waals surface area (Å²) in [7, 11) is 1.83. The van der Waals surface area contributed by atoms with E-state index >= 15 is 0 Å². The molecule has 0 atom stereocenters. The Kier molecular flexibility index (Phi) is 5.22. The van der Waals surface area contributed by atoms with Crippen LogP contribution in [0.4, 0.5) is 0 Å². The number of rotatable bonds is 3. The van der Waals surface area contributed by atoms with Crippen molar-refractivity contribution in [1.82, 2.24) is 4.90 Å². The smallest absolute Gasteiger partial charge is 0.225 e. The van der Waals surface area contributed by atoms with Gasteiger partial charge in [0.25, 0.3) is 0 Å². The average Bonchev–Trinajstić information content (AvgIpc) is 2.67. The van der Waals surface area contributed by atoms with Gasteiger partial charge >= 0.3 is 0 Å². The topological polar surface area (TPSA) is 49.8 Å². The first-order valence-electron chi connectivity index (χ1n) is 7.66. The van der Waals surface area contributed by atoms with E-state index in [1.54, 1.807) is 4.90 Å². The fourth-order valence-electron chi connectivity index (χ4n) is 3.27. The standard InChI is InChI=1S/C15H27NO3/c1-16(12-15(18)8-10-19-11-9-15)14(17)13-6-4-2-3-5-7-13/h13,18H,2-12H2,1H3. The van der Waals surface area contributed by atoms with Crippen molar-refractivity contribution < 1.29 is 14.6 Å². The highest BCUT2D eigenvalue weighted by atomic mass is 16.5. The van der Waals surface area contributed by atoms with Crippen molar-refractivity contribution in [1.29, 1.82) is 0 Å². The van der Waals surface area contributed by atoms with Crippen LogP contribution in [0.3, 0.4) is 0 Å². The fourth-order valence-corrected chi connectivity index (χ4v) is 3.27. The van der Waals surface area contributed by atoms with Gasteiger partial charge in [-0.2, -0.15) is 0 Å². The van der Waals surface area contributed by atoms with Gasteiger partial charge in [0.2, 0.25) is 5.91 Å². The van der Waals surface area contributed by atoms with Crippen LogP contribution >= 0.6 is 0 Å². The Balaban J connectivity index is 1.87. The van der Waals surface area contributed by atoms with Gasteiger partial charge in [-0.3, -0.25) is 4.79 Å². The molecule has 1 saturated carbocycles. The maximum atomic E-state index is 12.5. The Hall–Kier alpha value is -0.610. The Bertz CT molecular complexity index is 292. The van der Waals surface area contributed by atoms with Crippen molar-refractivity contribution in [3.8, 4) is 0 Å². The van der Waals surface area contributed by atoms with Crippen LogP contribution in [0, 0.1) is 5.92 Å². The molecule has 1 amide bonds. The lowest BCUT2D eigenvalue weighted by molar-refractivity contribution is -0.141. The van der Waals surface area contributed by atoms with E-state index in [0.29, 0.717) is 32.6 Å². The lowest BCUT2D eigenvalue weighted by atomic mass is 9.92. The van der Waals surface area contributed by atoms with Gasteiger partial charge in [0.05, 0.1) is 5.60 Å². The van der Waals surface area contributed by atoms with Crippen LogP contribution in [0.15, 0.2) is 0 Å². The van der Waals surface area contributed by atoms with Crippen LogP contribution < -0.4 is 0 Å². The van der Waals surface area contributed by atoms with Gasteiger partial charge < -0.3 is 14.7 Å². The molecule has 2 fully saturated rings. The van der Waals surface area contributed by atoms with Gasteiger partial charge in [0.15, 0.2) is 0 Å². The second-order valence-electron chi connectivity index (χ2n) is 6.22. The van der Waals surface area contributed by atoms with Crippen LogP contribution in [0.1, 0.15) is 51.4 Å². The molecule has 1 aliphatic heterocycles. The quantitative estimate of drug-likeness (QED) is 0.797. The number of amides is 1. The first kappa shape index (κ1) is 14.8. The van der Waals surface area contributed by atoms with Crippen molar-refractivity contribution in [2.45, 2.75) is 57.0 Å². The number of aliphatic hydroxyl groups is 1. The van der Waals surface area contributed by atoms with Crippen molar-refractivity contribution in [3.05, 3.63) is 0 Å². The lowest BCUT2D eigenvalue weighted by Gasteiger charge is -2.36. The fraction of sp³-hybridized carbons (Fsp3) is 0.933. The van der Waals surface area contributed by atoms with Crippen LogP contribution in [-0.4, -0.2) is 48.3 Å². The molecule has 4 nitrogen and oxygen atoms in total. The molecular formula is C15H27NO3. The van der Waals surface area contributed by atoms with Crippen LogP contribution in [0.5, 0.6) is 0 Å². The Morgan fingerprint density at radius 1 is 1.21 bits per heavy atom. The van der Waals surface area contributed by atoms with Crippen molar-refractivity contribution >= 4 is 5.91 Å². The normalized spacial score (nSPS) is 24.7. The largest absolute Gasteiger partial charge is 0.388 e. The molecule has 0 aromatic carbocycles. The zero-order valence-electron chi connectivity index (χ0n) is 12.1. The minimum absolute atomic E-state index is 0.177. The third-order valence-electron chi connectivity index (χ3n) is 4.54. The van der Waals surface area contributed by atoms with Gasteiger partial charge in [0, 0.05) is 45.6 Å². The molecule has 0 unspecified atom stereocenters. The molecule has 1 saturated heterocycles. The Morgan fingerprint density at radius 3 is 2.37 bits per heavy atom. The van der Waals surface area contributed by atoms with E-state index < -0.39 is 5.60 Å². The number of hydrogen-bond donors (Lipinski definition) is 1. The van der Waals surface area contributed by atoms with E-state index in [0.717, 1.165) is 12.8 Å². The minimum Gasteiger partial charge on any atom is -0.388 e. The number of carbonyl (C=O) groups excluding carboxylic acids is 1. The molecule has 4 heteroatoms. The molecule has 19 heavy (non-hydrogen) atoms.